The van der Waals surface area contributed by atoms with Crippen molar-refractivity contribution in [3.63, 3.8) is 0 Å². The monoisotopic (exact) mass is 209 g/mol. The highest BCUT2D eigenvalue weighted by atomic mass is 16.5. The van der Waals surface area contributed by atoms with Gasteiger partial charge in [-0.15, -0.1) is 0 Å². The third-order valence-corrected chi connectivity index (χ3v) is 2.30. The Kier molecular flexibility index (Phi) is 2.63. The van der Waals surface area contributed by atoms with Crippen molar-refractivity contribution in [1.82, 2.24) is 4.98 Å². The first-order valence-corrected chi connectivity index (χ1v) is 5.02. The minimum Gasteiger partial charge on any atom is -0.489 e. The van der Waals surface area contributed by atoms with Crippen molar-refractivity contribution in [1.29, 1.82) is 0 Å². The van der Waals surface area contributed by atoms with E-state index in [1.54, 1.807) is 12.4 Å². The average molecular weight is 209 g/mol. The van der Waals surface area contributed by atoms with Crippen molar-refractivity contribution in [2.75, 3.05) is 13.2 Å². The summed E-state index contributed by atoms with van der Waals surface area (Å²) in [6.07, 6.45) is 3.40. The van der Waals surface area contributed by atoms with Gasteiger partial charge < -0.3 is 14.6 Å². The molecule has 2 heterocycles. The Labute approximate surface area is 88.9 Å². The van der Waals surface area contributed by atoms with Gasteiger partial charge >= 0.3 is 0 Å². The van der Waals surface area contributed by atoms with E-state index in [0.29, 0.717) is 19.0 Å². The van der Waals surface area contributed by atoms with E-state index < -0.39 is 5.60 Å². The SMILES string of the molecule is CC(C)Oc1cncc(C2(O)COC2)c1. The molecule has 0 bridgehead atoms. The van der Waals surface area contributed by atoms with Gasteiger partial charge in [0, 0.05) is 11.8 Å². The molecule has 0 unspecified atom stereocenters. The van der Waals surface area contributed by atoms with E-state index in [0.717, 1.165) is 5.56 Å². The molecule has 1 aliphatic rings. The predicted molar refractivity (Wildman–Crippen MR) is 54.7 cm³/mol. The number of hydrogen-bond acceptors (Lipinski definition) is 4. The maximum atomic E-state index is 10.0. The summed E-state index contributed by atoms with van der Waals surface area (Å²) in [6, 6.07) is 1.82. The molecule has 1 N–H and O–H groups in total. The van der Waals surface area contributed by atoms with Crippen molar-refractivity contribution in [3.8, 4) is 5.75 Å². The smallest absolute Gasteiger partial charge is 0.138 e. The Morgan fingerprint density at radius 1 is 1.47 bits per heavy atom. The molecule has 0 radical (unpaired) electrons. The first-order valence-electron chi connectivity index (χ1n) is 5.02. The Hall–Kier alpha value is -1.13. The fourth-order valence-corrected chi connectivity index (χ4v) is 1.47. The molecule has 1 aliphatic heterocycles. The van der Waals surface area contributed by atoms with E-state index in [-0.39, 0.29) is 6.10 Å². The molecule has 1 fully saturated rings. The maximum absolute atomic E-state index is 10.0. The zero-order chi connectivity index (χ0) is 10.9. The zero-order valence-corrected chi connectivity index (χ0v) is 8.93. The van der Waals surface area contributed by atoms with Crippen LogP contribution in [0.15, 0.2) is 18.5 Å². The second-order valence-electron chi connectivity index (χ2n) is 4.10. The van der Waals surface area contributed by atoms with E-state index >= 15 is 0 Å². The van der Waals surface area contributed by atoms with Gasteiger partial charge in [0.25, 0.3) is 0 Å². The number of nitrogens with zero attached hydrogens (tertiary/aromatic N) is 1. The van der Waals surface area contributed by atoms with Crippen molar-refractivity contribution >= 4 is 0 Å². The number of aromatic nitrogens is 1. The van der Waals surface area contributed by atoms with Crippen LogP contribution < -0.4 is 4.74 Å². The van der Waals surface area contributed by atoms with E-state index in [1.165, 1.54) is 0 Å². The van der Waals surface area contributed by atoms with Crippen molar-refractivity contribution in [3.05, 3.63) is 24.0 Å². The van der Waals surface area contributed by atoms with Gasteiger partial charge in [0.15, 0.2) is 0 Å². The molecule has 1 aromatic heterocycles. The molecule has 0 saturated carbocycles. The minimum absolute atomic E-state index is 0.106. The Balaban J connectivity index is 2.19. The maximum Gasteiger partial charge on any atom is 0.138 e. The van der Waals surface area contributed by atoms with Crippen LogP contribution in [-0.4, -0.2) is 29.4 Å². The molecule has 4 nitrogen and oxygen atoms in total. The Morgan fingerprint density at radius 3 is 2.73 bits per heavy atom. The molecule has 0 amide bonds. The van der Waals surface area contributed by atoms with Crippen LogP contribution >= 0.6 is 0 Å². The molecule has 1 saturated heterocycles. The van der Waals surface area contributed by atoms with Gasteiger partial charge in [-0.3, -0.25) is 4.98 Å². The molecule has 0 spiro atoms. The quantitative estimate of drug-likeness (QED) is 0.809. The number of aliphatic hydroxyl groups is 1. The standard InChI is InChI=1S/C11H15NO3/c1-8(2)15-10-3-9(4-12-5-10)11(13)6-14-7-11/h3-5,8,13H,6-7H2,1-2H3. The van der Waals surface area contributed by atoms with Gasteiger partial charge in [0.1, 0.15) is 11.4 Å². The van der Waals surface area contributed by atoms with Crippen LogP contribution in [0, 0.1) is 0 Å². The van der Waals surface area contributed by atoms with Crippen LogP contribution in [0.25, 0.3) is 0 Å². The molecular weight excluding hydrogens is 194 g/mol. The fourth-order valence-electron chi connectivity index (χ4n) is 1.47. The van der Waals surface area contributed by atoms with Crippen LogP contribution in [0.2, 0.25) is 0 Å². The molecule has 0 atom stereocenters. The lowest BCUT2D eigenvalue weighted by atomic mass is 9.94. The van der Waals surface area contributed by atoms with Crippen LogP contribution in [-0.2, 0) is 10.3 Å². The highest BCUT2D eigenvalue weighted by Crippen LogP contribution is 2.30. The molecule has 1 aromatic rings. The average Bonchev–Trinajstić information content (AvgIpc) is 2.13. The molecule has 15 heavy (non-hydrogen) atoms. The van der Waals surface area contributed by atoms with E-state index in [9.17, 15) is 5.11 Å². The lowest BCUT2D eigenvalue weighted by Crippen LogP contribution is -2.46. The predicted octanol–water partition coefficient (Wildman–Crippen LogP) is 1.09. The van der Waals surface area contributed by atoms with Crippen LogP contribution in [0.1, 0.15) is 19.4 Å². The fraction of sp³-hybridized carbons (Fsp3) is 0.545. The van der Waals surface area contributed by atoms with Gasteiger partial charge in [0.2, 0.25) is 0 Å². The van der Waals surface area contributed by atoms with E-state index in [2.05, 4.69) is 4.98 Å². The molecular formula is C11H15NO3. The van der Waals surface area contributed by atoms with Crippen LogP contribution in [0.5, 0.6) is 5.75 Å². The normalized spacial score (nSPS) is 18.7. The van der Waals surface area contributed by atoms with Gasteiger partial charge in [-0.1, -0.05) is 0 Å². The summed E-state index contributed by atoms with van der Waals surface area (Å²) in [7, 11) is 0. The lowest BCUT2D eigenvalue weighted by Gasteiger charge is -2.36. The third kappa shape index (κ3) is 2.11. The van der Waals surface area contributed by atoms with Crippen molar-refractivity contribution < 1.29 is 14.6 Å². The summed E-state index contributed by atoms with van der Waals surface area (Å²) in [5.74, 6) is 0.683. The first kappa shape index (κ1) is 10.4. The number of rotatable bonds is 3. The van der Waals surface area contributed by atoms with Crippen LogP contribution in [0.4, 0.5) is 0 Å². The summed E-state index contributed by atoms with van der Waals surface area (Å²) in [5, 5.41) is 10.0. The molecule has 0 aromatic carbocycles. The second-order valence-corrected chi connectivity index (χ2v) is 4.10. The highest BCUT2D eigenvalue weighted by molar-refractivity contribution is 5.29. The Bertz CT molecular complexity index is 347. The van der Waals surface area contributed by atoms with Gasteiger partial charge in [0.05, 0.1) is 25.5 Å². The Morgan fingerprint density at radius 2 is 2.20 bits per heavy atom. The number of hydrogen-bond donors (Lipinski definition) is 1. The first-order chi connectivity index (χ1) is 7.10. The lowest BCUT2D eigenvalue weighted by molar-refractivity contribution is -0.184. The van der Waals surface area contributed by atoms with Crippen molar-refractivity contribution in [2.45, 2.75) is 25.6 Å². The van der Waals surface area contributed by atoms with Crippen molar-refractivity contribution in [2.24, 2.45) is 0 Å². The molecule has 2 rings (SSSR count). The molecule has 0 aliphatic carbocycles. The zero-order valence-electron chi connectivity index (χ0n) is 8.93. The van der Waals surface area contributed by atoms with Gasteiger partial charge in [-0.25, -0.2) is 0 Å². The summed E-state index contributed by atoms with van der Waals surface area (Å²) in [4.78, 5) is 4.05. The molecule has 82 valence electrons. The second kappa shape index (κ2) is 3.79. The highest BCUT2D eigenvalue weighted by Gasteiger charge is 2.38. The van der Waals surface area contributed by atoms with E-state index in [1.807, 2.05) is 19.9 Å². The third-order valence-electron chi connectivity index (χ3n) is 2.30. The molecule has 4 heteroatoms. The topological polar surface area (TPSA) is 51.6 Å². The summed E-state index contributed by atoms with van der Waals surface area (Å²) < 4.78 is 10.5. The summed E-state index contributed by atoms with van der Waals surface area (Å²) in [6.45, 7) is 4.57. The van der Waals surface area contributed by atoms with Gasteiger partial charge in [-0.2, -0.15) is 0 Å². The minimum atomic E-state index is -0.872. The van der Waals surface area contributed by atoms with Crippen LogP contribution in [0.3, 0.4) is 0 Å². The van der Waals surface area contributed by atoms with Gasteiger partial charge in [-0.05, 0) is 19.9 Å². The summed E-state index contributed by atoms with van der Waals surface area (Å²) in [5.41, 5.74) is -0.115. The van der Waals surface area contributed by atoms with E-state index in [4.69, 9.17) is 9.47 Å². The summed E-state index contributed by atoms with van der Waals surface area (Å²) >= 11 is 0. The number of pyridine rings is 1. The largest absolute Gasteiger partial charge is 0.489 e. The number of ether oxygens (including phenoxy) is 2.